The minimum atomic E-state index is -3.50. The van der Waals surface area contributed by atoms with E-state index in [0.717, 1.165) is 4.31 Å². The molecule has 0 fully saturated rings. The van der Waals surface area contributed by atoms with Crippen LogP contribution in [-0.2, 0) is 10.0 Å². The summed E-state index contributed by atoms with van der Waals surface area (Å²) in [6.45, 7) is 0. The average molecular weight is 274 g/mol. The van der Waals surface area contributed by atoms with Crippen LogP contribution in [0.3, 0.4) is 0 Å². The van der Waals surface area contributed by atoms with E-state index in [9.17, 15) is 8.42 Å². The molecule has 7 heteroatoms. The Morgan fingerprint density at radius 2 is 2.00 bits per heavy atom. The maximum atomic E-state index is 11.9. The summed E-state index contributed by atoms with van der Waals surface area (Å²) in [6, 6.07) is 4.40. The van der Waals surface area contributed by atoms with Crippen molar-refractivity contribution < 1.29 is 13.2 Å². The van der Waals surface area contributed by atoms with E-state index >= 15 is 0 Å². The molecule has 94 valence electrons. The molecule has 0 radical (unpaired) electrons. The second-order valence-corrected chi connectivity index (χ2v) is 6.11. The SMILES string of the molecule is COc1ccc(S(=O)(=O)N(C)C)cc1C(N)=S. The number of nitrogens with zero attached hydrogens (tertiary/aromatic N) is 1. The number of ether oxygens (including phenoxy) is 1. The predicted octanol–water partition coefficient (Wildman–Crippen LogP) is 0.580. The topological polar surface area (TPSA) is 72.6 Å². The van der Waals surface area contributed by atoms with Gasteiger partial charge in [-0.05, 0) is 18.2 Å². The van der Waals surface area contributed by atoms with Crippen molar-refractivity contribution in [2.75, 3.05) is 21.2 Å². The van der Waals surface area contributed by atoms with Crippen molar-refractivity contribution >= 4 is 27.2 Å². The van der Waals surface area contributed by atoms with E-state index in [0.29, 0.717) is 11.3 Å². The molecule has 1 aromatic rings. The van der Waals surface area contributed by atoms with Crippen LogP contribution in [0.15, 0.2) is 23.1 Å². The summed E-state index contributed by atoms with van der Waals surface area (Å²) in [7, 11) is 0.891. The van der Waals surface area contributed by atoms with Gasteiger partial charge < -0.3 is 10.5 Å². The predicted molar refractivity (Wildman–Crippen MR) is 69.8 cm³/mol. The van der Waals surface area contributed by atoms with Crippen LogP contribution in [0, 0.1) is 0 Å². The van der Waals surface area contributed by atoms with E-state index in [2.05, 4.69) is 0 Å². The molecule has 0 saturated carbocycles. The van der Waals surface area contributed by atoms with Gasteiger partial charge in [0.25, 0.3) is 0 Å². The van der Waals surface area contributed by atoms with E-state index in [4.69, 9.17) is 22.7 Å². The van der Waals surface area contributed by atoms with Gasteiger partial charge >= 0.3 is 0 Å². The normalized spacial score (nSPS) is 11.5. The molecule has 2 N–H and O–H groups in total. The largest absolute Gasteiger partial charge is 0.496 e. The quantitative estimate of drug-likeness (QED) is 0.813. The molecule has 5 nitrogen and oxygen atoms in total. The number of sulfonamides is 1. The van der Waals surface area contributed by atoms with Gasteiger partial charge in [-0.1, -0.05) is 12.2 Å². The zero-order chi connectivity index (χ0) is 13.2. The molecule has 0 atom stereocenters. The first-order valence-corrected chi connectivity index (χ1v) is 6.56. The second-order valence-electron chi connectivity index (χ2n) is 3.51. The summed E-state index contributed by atoms with van der Waals surface area (Å²) in [5.74, 6) is 0.454. The maximum absolute atomic E-state index is 11.9. The van der Waals surface area contributed by atoms with Crippen molar-refractivity contribution in [3.05, 3.63) is 23.8 Å². The minimum Gasteiger partial charge on any atom is -0.496 e. The standard InChI is InChI=1S/C10H14N2O3S2/c1-12(2)17(13,14)7-4-5-9(15-3)8(6-7)10(11)16/h4-6H,1-3H3,(H2,11,16). The molecule has 0 amide bonds. The summed E-state index contributed by atoms with van der Waals surface area (Å²) in [5, 5.41) is 0. The highest BCUT2D eigenvalue weighted by atomic mass is 32.2. The average Bonchev–Trinajstić information content (AvgIpc) is 2.27. The molecule has 0 aliphatic rings. The Hall–Kier alpha value is -1.18. The lowest BCUT2D eigenvalue weighted by Gasteiger charge is -2.13. The highest BCUT2D eigenvalue weighted by molar-refractivity contribution is 7.89. The van der Waals surface area contributed by atoms with Crippen LogP contribution in [0.4, 0.5) is 0 Å². The van der Waals surface area contributed by atoms with E-state index in [1.807, 2.05) is 0 Å². The molecule has 0 spiro atoms. The van der Waals surface area contributed by atoms with Crippen LogP contribution in [0.5, 0.6) is 5.75 Å². The van der Waals surface area contributed by atoms with Crippen LogP contribution >= 0.6 is 12.2 Å². The number of thiocarbonyl (C=S) groups is 1. The smallest absolute Gasteiger partial charge is 0.242 e. The van der Waals surface area contributed by atoms with Crippen molar-refractivity contribution in [1.82, 2.24) is 4.31 Å². The molecular weight excluding hydrogens is 260 g/mol. The fourth-order valence-corrected chi connectivity index (χ4v) is 2.34. The molecule has 0 aliphatic carbocycles. The Labute approximate surface area is 106 Å². The van der Waals surface area contributed by atoms with Gasteiger partial charge in [0.1, 0.15) is 10.7 Å². The summed E-state index contributed by atoms with van der Waals surface area (Å²) in [4.78, 5) is 0.226. The second kappa shape index (κ2) is 4.99. The molecule has 0 aromatic heterocycles. The van der Waals surface area contributed by atoms with E-state index in [1.54, 1.807) is 0 Å². The van der Waals surface area contributed by atoms with Crippen LogP contribution in [0.1, 0.15) is 5.56 Å². The molecule has 0 saturated heterocycles. The molecule has 17 heavy (non-hydrogen) atoms. The monoisotopic (exact) mass is 274 g/mol. The Balaban J connectivity index is 3.41. The van der Waals surface area contributed by atoms with E-state index < -0.39 is 10.0 Å². The van der Waals surface area contributed by atoms with Crippen LogP contribution in [-0.4, -0.2) is 38.9 Å². The first kappa shape index (κ1) is 13.9. The minimum absolute atomic E-state index is 0.0951. The third-order valence-electron chi connectivity index (χ3n) is 2.21. The number of methoxy groups -OCH3 is 1. The molecule has 0 aliphatic heterocycles. The lowest BCUT2D eigenvalue weighted by atomic mass is 10.2. The van der Waals surface area contributed by atoms with E-state index in [-0.39, 0.29) is 9.88 Å². The molecule has 0 unspecified atom stereocenters. The van der Waals surface area contributed by atoms with Gasteiger partial charge in [0.15, 0.2) is 0 Å². The third kappa shape index (κ3) is 2.74. The highest BCUT2D eigenvalue weighted by Gasteiger charge is 2.19. The van der Waals surface area contributed by atoms with Gasteiger partial charge in [-0.15, -0.1) is 0 Å². The van der Waals surface area contributed by atoms with E-state index in [1.165, 1.54) is 39.4 Å². The summed E-state index contributed by atoms with van der Waals surface area (Å²) in [6.07, 6.45) is 0. The van der Waals surface area contributed by atoms with Gasteiger partial charge in [-0.2, -0.15) is 0 Å². The van der Waals surface area contributed by atoms with Crippen molar-refractivity contribution in [3.63, 3.8) is 0 Å². The van der Waals surface area contributed by atoms with Gasteiger partial charge in [0, 0.05) is 14.1 Å². The third-order valence-corrected chi connectivity index (χ3v) is 4.25. The summed E-state index contributed by atoms with van der Waals surface area (Å²) < 4.78 is 30.0. The van der Waals surface area contributed by atoms with Crippen molar-refractivity contribution in [1.29, 1.82) is 0 Å². The Bertz CT molecular complexity index is 538. The zero-order valence-corrected chi connectivity index (χ0v) is 11.4. The summed E-state index contributed by atoms with van der Waals surface area (Å²) >= 11 is 4.85. The lowest BCUT2D eigenvalue weighted by Crippen LogP contribution is -2.23. The number of hydrogen-bond acceptors (Lipinski definition) is 4. The van der Waals surface area contributed by atoms with Crippen molar-refractivity contribution in [3.8, 4) is 5.75 Å². The number of nitrogens with two attached hydrogens (primary N) is 1. The molecule has 1 rings (SSSR count). The molecule has 1 aromatic carbocycles. The van der Waals surface area contributed by atoms with Crippen LogP contribution in [0.25, 0.3) is 0 Å². The number of rotatable bonds is 4. The number of hydrogen-bond donors (Lipinski definition) is 1. The van der Waals surface area contributed by atoms with Crippen molar-refractivity contribution in [2.24, 2.45) is 5.73 Å². The summed E-state index contributed by atoms with van der Waals surface area (Å²) in [5.41, 5.74) is 5.93. The molecule has 0 bridgehead atoms. The van der Waals surface area contributed by atoms with Gasteiger partial charge in [0.05, 0.1) is 17.6 Å². The first-order chi connectivity index (χ1) is 7.80. The first-order valence-electron chi connectivity index (χ1n) is 4.71. The fraction of sp³-hybridized carbons (Fsp3) is 0.300. The van der Waals surface area contributed by atoms with Gasteiger partial charge in [-0.3, -0.25) is 0 Å². The number of benzene rings is 1. The molecular formula is C10H14N2O3S2. The van der Waals surface area contributed by atoms with Crippen LogP contribution in [0.2, 0.25) is 0 Å². The van der Waals surface area contributed by atoms with Crippen LogP contribution < -0.4 is 10.5 Å². The maximum Gasteiger partial charge on any atom is 0.242 e. The Morgan fingerprint density at radius 3 is 2.41 bits per heavy atom. The highest BCUT2D eigenvalue weighted by Crippen LogP contribution is 2.23. The van der Waals surface area contributed by atoms with Crippen molar-refractivity contribution in [2.45, 2.75) is 4.90 Å². The lowest BCUT2D eigenvalue weighted by molar-refractivity contribution is 0.413. The van der Waals surface area contributed by atoms with Gasteiger partial charge in [-0.25, -0.2) is 12.7 Å². The fourth-order valence-electron chi connectivity index (χ4n) is 1.25. The Kier molecular flexibility index (Phi) is 4.07. The molecule has 0 heterocycles. The Morgan fingerprint density at radius 1 is 1.41 bits per heavy atom. The van der Waals surface area contributed by atoms with Gasteiger partial charge in [0.2, 0.25) is 10.0 Å². The zero-order valence-electron chi connectivity index (χ0n) is 9.80.